The first-order valence-corrected chi connectivity index (χ1v) is 9.71. The predicted octanol–water partition coefficient (Wildman–Crippen LogP) is 4.00. The Kier molecular flexibility index (Phi) is 8.61. The Balaban J connectivity index is 2.07. The van der Waals surface area contributed by atoms with Crippen LogP contribution in [0.3, 0.4) is 0 Å². The van der Waals surface area contributed by atoms with Crippen LogP contribution in [0.4, 0.5) is 0 Å². The smallest absolute Gasteiger partial charge is 0.273 e. The fourth-order valence-electron chi connectivity index (χ4n) is 2.47. The first kappa shape index (κ1) is 22.4. The minimum absolute atomic E-state index is 0.204. The fourth-order valence-corrected chi connectivity index (χ4v) is 2.65. The lowest BCUT2D eigenvalue weighted by Gasteiger charge is -2.14. The summed E-state index contributed by atoms with van der Waals surface area (Å²) in [5.74, 6) is 0.333. The second-order valence-electron chi connectivity index (χ2n) is 6.05. The van der Waals surface area contributed by atoms with E-state index in [4.69, 9.17) is 25.8 Å². The van der Waals surface area contributed by atoms with Crippen LogP contribution in [0.15, 0.2) is 36.4 Å². The molecular formula is C21H25ClN2O5. The number of ether oxygens (including phenoxy) is 3. The molecule has 0 aliphatic carbocycles. The molecule has 2 amide bonds. The average Bonchev–Trinajstić information content (AvgIpc) is 2.73. The van der Waals surface area contributed by atoms with Crippen molar-refractivity contribution in [3.05, 3.63) is 52.5 Å². The maximum Gasteiger partial charge on any atom is 0.273 e. The van der Waals surface area contributed by atoms with Gasteiger partial charge in [0.15, 0.2) is 11.5 Å². The van der Waals surface area contributed by atoms with E-state index in [0.717, 1.165) is 12.8 Å². The monoisotopic (exact) mass is 420 g/mol. The number of benzene rings is 2. The average molecular weight is 421 g/mol. The summed E-state index contributed by atoms with van der Waals surface area (Å²) < 4.78 is 16.4. The lowest BCUT2D eigenvalue weighted by molar-refractivity contribution is 0.0844. The molecule has 29 heavy (non-hydrogen) atoms. The quantitative estimate of drug-likeness (QED) is 0.473. The van der Waals surface area contributed by atoms with Crippen molar-refractivity contribution >= 4 is 23.4 Å². The second-order valence-corrected chi connectivity index (χ2v) is 6.49. The zero-order chi connectivity index (χ0) is 21.2. The summed E-state index contributed by atoms with van der Waals surface area (Å²) in [6.07, 6.45) is 1.94. The van der Waals surface area contributed by atoms with Crippen LogP contribution in [0.1, 0.15) is 47.4 Å². The van der Waals surface area contributed by atoms with Crippen molar-refractivity contribution < 1.29 is 23.8 Å². The van der Waals surface area contributed by atoms with E-state index in [2.05, 4.69) is 17.8 Å². The van der Waals surface area contributed by atoms with Crippen molar-refractivity contribution in [3.8, 4) is 17.2 Å². The number of carbonyl (C=O) groups is 2. The van der Waals surface area contributed by atoms with Gasteiger partial charge >= 0.3 is 0 Å². The molecule has 0 aromatic heterocycles. The minimum Gasteiger partial charge on any atom is -0.496 e. The van der Waals surface area contributed by atoms with Gasteiger partial charge in [-0.05, 0) is 49.7 Å². The molecule has 0 saturated carbocycles. The highest BCUT2D eigenvalue weighted by atomic mass is 35.5. The SMILES string of the molecule is CCCCOc1ccc(C(=O)NNC(=O)c2cc(Cl)ccc2OC)cc1OCC. The Labute approximate surface area is 175 Å². The summed E-state index contributed by atoms with van der Waals surface area (Å²) in [4.78, 5) is 24.8. The van der Waals surface area contributed by atoms with E-state index in [1.54, 1.807) is 30.3 Å². The number of nitrogens with one attached hydrogen (secondary N) is 2. The third-order valence-electron chi connectivity index (χ3n) is 3.96. The highest BCUT2D eigenvalue weighted by molar-refractivity contribution is 6.31. The molecule has 0 unspecified atom stereocenters. The standard InChI is InChI=1S/C21H25ClN2O5/c1-4-6-11-29-18-9-7-14(12-19(18)28-5-2)20(25)23-24-21(26)16-13-15(22)8-10-17(16)27-3/h7-10,12-13H,4-6,11H2,1-3H3,(H,23,25)(H,24,26). The van der Waals surface area contributed by atoms with Crippen molar-refractivity contribution in [3.63, 3.8) is 0 Å². The molecule has 156 valence electrons. The van der Waals surface area contributed by atoms with Gasteiger partial charge in [0.05, 0.1) is 25.9 Å². The van der Waals surface area contributed by atoms with Crippen LogP contribution in [-0.4, -0.2) is 32.1 Å². The first-order valence-electron chi connectivity index (χ1n) is 9.34. The Hall–Kier alpha value is -2.93. The summed E-state index contributed by atoms with van der Waals surface area (Å²) in [6, 6.07) is 9.49. The number of methoxy groups -OCH3 is 1. The van der Waals surface area contributed by atoms with Crippen LogP contribution in [-0.2, 0) is 0 Å². The molecule has 0 fully saturated rings. The summed E-state index contributed by atoms with van der Waals surface area (Å²) in [7, 11) is 1.44. The number of amides is 2. The maximum atomic E-state index is 12.5. The lowest BCUT2D eigenvalue weighted by atomic mass is 10.2. The molecule has 0 aliphatic rings. The molecule has 0 radical (unpaired) electrons. The van der Waals surface area contributed by atoms with Crippen molar-refractivity contribution in [2.75, 3.05) is 20.3 Å². The molecule has 8 heteroatoms. The van der Waals surface area contributed by atoms with E-state index in [-0.39, 0.29) is 5.56 Å². The molecule has 2 aromatic carbocycles. The Morgan fingerprint density at radius 2 is 1.66 bits per heavy atom. The molecule has 0 aliphatic heterocycles. The number of hydrogen-bond donors (Lipinski definition) is 2. The molecule has 2 rings (SSSR count). The van der Waals surface area contributed by atoms with Gasteiger partial charge in [0.1, 0.15) is 5.75 Å². The number of unbranched alkanes of at least 4 members (excludes halogenated alkanes) is 1. The van der Waals surface area contributed by atoms with Crippen LogP contribution in [0.5, 0.6) is 17.2 Å². The predicted molar refractivity (Wildman–Crippen MR) is 111 cm³/mol. The number of carbonyl (C=O) groups excluding carboxylic acids is 2. The second kappa shape index (κ2) is 11.2. The molecule has 2 N–H and O–H groups in total. The molecule has 0 bridgehead atoms. The van der Waals surface area contributed by atoms with Crippen LogP contribution in [0.2, 0.25) is 5.02 Å². The van der Waals surface area contributed by atoms with Crippen molar-refractivity contribution in [1.29, 1.82) is 0 Å². The summed E-state index contributed by atoms with van der Waals surface area (Å²) >= 11 is 5.94. The maximum absolute atomic E-state index is 12.5. The third-order valence-corrected chi connectivity index (χ3v) is 4.19. The fraction of sp³-hybridized carbons (Fsp3) is 0.333. The minimum atomic E-state index is -0.553. The van der Waals surface area contributed by atoms with E-state index >= 15 is 0 Å². The van der Waals surface area contributed by atoms with Crippen molar-refractivity contribution in [2.24, 2.45) is 0 Å². The van der Waals surface area contributed by atoms with Gasteiger partial charge in [-0.15, -0.1) is 0 Å². The van der Waals surface area contributed by atoms with Gasteiger partial charge in [0, 0.05) is 10.6 Å². The number of hydrogen-bond acceptors (Lipinski definition) is 5. The number of halogens is 1. The Morgan fingerprint density at radius 3 is 2.34 bits per heavy atom. The number of rotatable bonds is 9. The van der Waals surface area contributed by atoms with E-state index in [1.807, 2.05) is 6.92 Å². The lowest BCUT2D eigenvalue weighted by Crippen LogP contribution is -2.41. The van der Waals surface area contributed by atoms with Gasteiger partial charge in [0.2, 0.25) is 0 Å². The topological polar surface area (TPSA) is 85.9 Å². The van der Waals surface area contributed by atoms with Crippen LogP contribution < -0.4 is 25.1 Å². The van der Waals surface area contributed by atoms with Crippen molar-refractivity contribution in [1.82, 2.24) is 10.9 Å². The normalized spacial score (nSPS) is 10.2. The summed E-state index contributed by atoms with van der Waals surface area (Å²) in [5.41, 5.74) is 5.25. The molecule has 7 nitrogen and oxygen atoms in total. The number of hydrazine groups is 1. The summed E-state index contributed by atoms with van der Waals surface area (Å²) in [5, 5.41) is 0.377. The van der Waals surface area contributed by atoms with Gasteiger partial charge in [-0.1, -0.05) is 24.9 Å². The van der Waals surface area contributed by atoms with Gasteiger partial charge in [-0.3, -0.25) is 20.4 Å². The largest absolute Gasteiger partial charge is 0.496 e. The van der Waals surface area contributed by atoms with Gasteiger partial charge in [-0.25, -0.2) is 0 Å². The Morgan fingerprint density at radius 1 is 0.931 bits per heavy atom. The van der Waals surface area contributed by atoms with E-state index in [0.29, 0.717) is 41.0 Å². The highest BCUT2D eigenvalue weighted by Gasteiger charge is 2.16. The first-order chi connectivity index (χ1) is 14.0. The molecule has 2 aromatic rings. The molecule has 0 atom stereocenters. The van der Waals surface area contributed by atoms with Crippen LogP contribution in [0.25, 0.3) is 0 Å². The highest BCUT2D eigenvalue weighted by Crippen LogP contribution is 2.29. The van der Waals surface area contributed by atoms with Crippen LogP contribution in [0, 0.1) is 0 Å². The van der Waals surface area contributed by atoms with E-state index in [9.17, 15) is 9.59 Å². The summed E-state index contributed by atoms with van der Waals surface area (Å²) in [6.45, 7) is 4.93. The molecule has 0 heterocycles. The third kappa shape index (κ3) is 6.29. The van der Waals surface area contributed by atoms with Gasteiger partial charge < -0.3 is 14.2 Å². The van der Waals surface area contributed by atoms with Crippen LogP contribution >= 0.6 is 11.6 Å². The zero-order valence-electron chi connectivity index (χ0n) is 16.7. The Bertz CT molecular complexity index is 857. The van der Waals surface area contributed by atoms with Crippen molar-refractivity contribution in [2.45, 2.75) is 26.7 Å². The van der Waals surface area contributed by atoms with E-state index < -0.39 is 11.8 Å². The molecular weight excluding hydrogens is 396 g/mol. The van der Waals surface area contributed by atoms with Gasteiger partial charge in [0.25, 0.3) is 11.8 Å². The molecule has 0 saturated heterocycles. The molecule has 0 spiro atoms. The zero-order valence-corrected chi connectivity index (χ0v) is 17.5. The van der Waals surface area contributed by atoms with Gasteiger partial charge in [-0.2, -0.15) is 0 Å². The van der Waals surface area contributed by atoms with E-state index in [1.165, 1.54) is 13.2 Å².